The van der Waals surface area contributed by atoms with Crippen molar-refractivity contribution in [3.63, 3.8) is 0 Å². The van der Waals surface area contributed by atoms with Crippen LogP contribution in [0.4, 0.5) is 0 Å². The molecule has 0 fully saturated rings. The van der Waals surface area contributed by atoms with Gasteiger partial charge in [0.15, 0.2) is 0 Å². The molecule has 2 aromatic heterocycles. The maximum atomic E-state index is 12.2. The van der Waals surface area contributed by atoms with E-state index < -0.39 is 0 Å². The molecule has 0 amide bonds. The van der Waals surface area contributed by atoms with E-state index in [1.807, 2.05) is 12.1 Å². The number of halogens is 2. The number of aromatic amines is 1. The van der Waals surface area contributed by atoms with Crippen molar-refractivity contribution in [3.8, 4) is 0 Å². The Morgan fingerprint density at radius 3 is 2.95 bits per heavy atom. The summed E-state index contributed by atoms with van der Waals surface area (Å²) in [5, 5.41) is 3.48. The summed E-state index contributed by atoms with van der Waals surface area (Å²) < 4.78 is 1.26. The molecule has 19 heavy (non-hydrogen) atoms. The Balaban J connectivity index is 2.12. The van der Waals surface area contributed by atoms with Crippen LogP contribution in [0.1, 0.15) is 11.1 Å². The minimum absolute atomic E-state index is 0.164. The second kappa shape index (κ2) is 4.68. The van der Waals surface area contributed by atoms with Gasteiger partial charge in [0.25, 0.3) is 11.3 Å². The molecule has 3 aromatic rings. The molecule has 0 spiro atoms. The maximum absolute atomic E-state index is 12.2. The van der Waals surface area contributed by atoms with Gasteiger partial charge in [0, 0.05) is 11.4 Å². The van der Waals surface area contributed by atoms with Gasteiger partial charge in [-0.15, -0.1) is 0 Å². The highest BCUT2D eigenvalue weighted by Crippen LogP contribution is 2.17. The Kier molecular flexibility index (Phi) is 3.00. The van der Waals surface area contributed by atoms with Gasteiger partial charge in [-0.3, -0.25) is 9.89 Å². The maximum Gasteiger partial charge on any atom is 0.279 e. The minimum atomic E-state index is -0.257. The van der Waals surface area contributed by atoms with Crippen LogP contribution < -0.4 is 5.56 Å². The third kappa shape index (κ3) is 2.22. The summed E-state index contributed by atoms with van der Waals surface area (Å²) in [5.74, 6) is 0.254. The quantitative estimate of drug-likeness (QED) is 0.738. The lowest BCUT2D eigenvalue weighted by Gasteiger charge is -2.04. The van der Waals surface area contributed by atoms with Crippen molar-refractivity contribution in [3.05, 3.63) is 62.2 Å². The van der Waals surface area contributed by atoms with Gasteiger partial charge >= 0.3 is 0 Å². The number of nitrogens with one attached hydrogen (secondary N) is 1. The Morgan fingerprint density at radius 2 is 2.16 bits per heavy atom. The van der Waals surface area contributed by atoms with Gasteiger partial charge in [0.05, 0.1) is 5.56 Å². The fourth-order valence-corrected chi connectivity index (χ4v) is 2.30. The third-order valence-electron chi connectivity index (χ3n) is 2.75. The Morgan fingerprint density at radius 1 is 1.32 bits per heavy atom. The molecule has 7 heteroatoms. The van der Waals surface area contributed by atoms with E-state index in [9.17, 15) is 4.79 Å². The molecular weight excluding hydrogens is 287 g/mol. The van der Waals surface area contributed by atoms with Crippen LogP contribution in [0.25, 0.3) is 5.78 Å². The highest BCUT2D eigenvalue weighted by atomic mass is 35.5. The zero-order chi connectivity index (χ0) is 13.4. The van der Waals surface area contributed by atoms with Gasteiger partial charge in [0.2, 0.25) is 0 Å². The summed E-state index contributed by atoms with van der Waals surface area (Å²) in [5.41, 5.74) is 1.05. The van der Waals surface area contributed by atoms with Crippen molar-refractivity contribution >= 4 is 29.0 Å². The highest BCUT2D eigenvalue weighted by molar-refractivity contribution is 6.30. The molecule has 0 unspecified atom stereocenters. The first-order valence-electron chi connectivity index (χ1n) is 5.50. The fourth-order valence-electron chi connectivity index (χ4n) is 1.87. The first kappa shape index (κ1) is 12.2. The van der Waals surface area contributed by atoms with Gasteiger partial charge < -0.3 is 0 Å². The molecule has 96 valence electrons. The van der Waals surface area contributed by atoms with Crippen LogP contribution in [0, 0.1) is 0 Å². The number of H-pyrrole nitrogens is 1. The molecule has 0 radical (unpaired) electrons. The highest BCUT2D eigenvalue weighted by Gasteiger charge is 2.13. The van der Waals surface area contributed by atoms with Crippen molar-refractivity contribution in [1.82, 2.24) is 19.6 Å². The second-order valence-corrected chi connectivity index (χ2v) is 4.81. The molecule has 5 nitrogen and oxygen atoms in total. The van der Waals surface area contributed by atoms with E-state index in [-0.39, 0.29) is 16.5 Å². The molecule has 0 bridgehead atoms. The van der Waals surface area contributed by atoms with Crippen molar-refractivity contribution in [2.24, 2.45) is 0 Å². The molecule has 0 atom stereocenters. The van der Waals surface area contributed by atoms with Gasteiger partial charge in [-0.25, -0.2) is 4.98 Å². The van der Waals surface area contributed by atoms with Gasteiger partial charge in [-0.05, 0) is 17.7 Å². The third-order valence-corrected chi connectivity index (χ3v) is 3.29. The summed E-state index contributed by atoms with van der Waals surface area (Å²) in [4.78, 5) is 20.2. The SMILES string of the molecule is O=c1c(Cc2cccc(Cl)c2)c(Cl)nc2nc[nH]n12. The Labute approximate surface area is 117 Å². The van der Waals surface area contributed by atoms with E-state index in [4.69, 9.17) is 23.2 Å². The van der Waals surface area contributed by atoms with Crippen LogP contribution in [0.5, 0.6) is 0 Å². The van der Waals surface area contributed by atoms with E-state index in [0.717, 1.165) is 5.56 Å². The van der Waals surface area contributed by atoms with Crippen LogP contribution in [0.15, 0.2) is 35.4 Å². The number of benzene rings is 1. The monoisotopic (exact) mass is 294 g/mol. The molecule has 0 aliphatic carbocycles. The molecular formula is C12H8Cl2N4O. The lowest BCUT2D eigenvalue weighted by Crippen LogP contribution is -2.21. The first-order valence-corrected chi connectivity index (χ1v) is 6.26. The number of aromatic nitrogens is 4. The van der Waals surface area contributed by atoms with Gasteiger partial charge in [0.1, 0.15) is 11.5 Å². The zero-order valence-electron chi connectivity index (χ0n) is 9.60. The van der Waals surface area contributed by atoms with Crippen LogP contribution >= 0.6 is 23.2 Å². The van der Waals surface area contributed by atoms with E-state index >= 15 is 0 Å². The normalized spacial score (nSPS) is 11.1. The van der Waals surface area contributed by atoms with E-state index in [2.05, 4.69) is 15.1 Å². The Bertz CT molecular complexity index is 809. The number of hydrogen-bond donors (Lipinski definition) is 1. The lowest BCUT2D eigenvalue weighted by molar-refractivity contribution is 0.873. The molecule has 1 aromatic carbocycles. The number of rotatable bonds is 2. The number of hydrogen-bond acceptors (Lipinski definition) is 3. The summed E-state index contributed by atoms with van der Waals surface area (Å²) in [6.45, 7) is 0. The zero-order valence-corrected chi connectivity index (χ0v) is 11.1. The van der Waals surface area contributed by atoms with Crippen molar-refractivity contribution < 1.29 is 0 Å². The molecule has 1 N–H and O–H groups in total. The summed E-state index contributed by atoms with van der Waals surface area (Å²) >= 11 is 12.0. The average Bonchev–Trinajstić information content (AvgIpc) is 2.83. The average molecular weight is 295 g/mol. The molecule has 2 heterocycles. The predicted octanol–water partition coefficient (Wildman–Crippen LogP) is 2.32. The summed E-state index contributed by atoms with van der Waals surface area (Å²) in [6, 6.07) is 7.27. The summed E-state index contributed by atoms with van der Waals surface area (Å²) in [6.07, 6.45) is 1.76. The van der Waals surface area contributed by atoms with Crippen molar-refractivity contribution in [2.75, 3.05) is 0 Å². The van der Waals surface area contributed by atoms with Gasteiger partial charge in [-0.1, -0.05) is 35.3 Å². The second-order valence-electron chi connectivity index (χ2n) is 4.02. The van der Waals surface area contributed by atoms with Crippen molar-refractivity contribution in [2.45, 2.75) is 6.42 Å². The number of nitrogens with zero attached hydrogens (tertiary/aromatic N) is 3. The standard InChI is InChI=1S/C12H8Cl2N4O/c13-8-3-1-2-7(4-8)5-9-10(14)17-12-15-6-16-18(12)11(9)19/h1-4,6H,5H2,(H,15,16,17). The van der Waals surface area contributed by atoms with Crippen LogP contribution in [-0.2, 0) is 6.42 Å². The van der Waals surface area contributed by atoms with Gasteiger partial charge in [-0.2, -0.15) is 9.50 Å². The molecule has 3 rings (SSSR count). The van der Waals surface area contributed by atoms with Crippen LogP contribution in [0.2, 0.25) is 10.2 Å². The van der Waals surface area contributed by atoms with E-state index in [1.165, 1.54) is 10.8 Å². The lowest BCUT2D eigenvalue weighted by atomic mass is 10.1. The number of fused-ring (bicyclic) bond motifs is 1. The van der Waals surface area contributed by atoms with Crippen molar-refractivity contribution in [1.29, 1.82) is 0 Å². The molecule has 0 saturated heterocycles. The van der Waals surface area contributed by atoms with E-state index in [0.29, 0.717) is 17.0 Å². The molecule has 0 aliphatic heterocycles. The molecule has 0 aliphatic rings. The molecule has 0 saturated carbocycles. The predicted molar refractivity (Wildman–Crippen MR) is 72.9 cm³/mol. The first-order chi connectivity index (χ1) is 9.15. The van der Waals surface area contributed by atoms with Crippen LogP contribution in [-0.4, -0.2) is 19.6 Å². The fraction of sp³-hybridized carbons (Fsp3) is 0.0833. The smallest absolute Gasteiger partial charge is 0.278 e. The Hall–Kier alpha value is -1.85. The van der Waals surface area contributed by atoms with Crippen LogP contribution in [0.3, 0.4) is 0 Å². The minimum Gasteiger partial charge on any atom is -0.278 e. The summed E-state index contributed by atoms with van der Waals surface area (Å²) in [7, 11) is 0. The topological polar surface area (TPSA) is 63.0 Å². The largest absolute Gasteiger partial charge is 0.279 e. The van der Waals surface area contributed by atoms with E-state index in [1.54, 1.807) is 12.1 Å².